The molecule has 15 heavy (non-hydrogen) atoms. The third-order valence-electron chi connectivity index (χ3n) is 4.24. The molecule has 2 rings (SSSR count). The van der Waals surface area contributed by atoms with Crippen LogP contribution in [0.4, 0.5) is 0 Å². The fourth-order valence-corrected chi connectivity index (χ4v) is 2.63. The molecule has 0 amide bonds. The predicted molar refractivity (Wildman–Crippen MR) is 66.1 cm³/mol. The number of allylic oxidation sites excluding steroid dienone is 1. The topological polar surface area (TPSA) is 0 Å². The molecular formula is C15H20. The van der Waals surface area contributed by atoms with E-state index in [1.807, 2.05) is 0 Å². The summed E-state index contributed by atoms with van der Waals surface area (Å²) < 4.78 is 0. The van der Waals surface area contributed by atoms with Gasteiger partial charge < -0.3 is 0 Å². The lowest BCUT2D eigenvalue weighted by Crippen LogP contribution is -2.25. The third kappa shape index (κ3) is 1.62. The summed E-state index contributed by atoms with van der Waals surface area (Å²) >= 11 is 0. The molecule has 0 aromatic heterocycles. The van der Waals surface area contributed by atoms with Crippen molar-refractivity contribution in [2.24, 2.45) is 5.92 Å². The lowest BCUT2D eigenvalue weighted by molar-refractivity contribution is 0.397. The zero-order chi connectivity index (χ0) is 11.1. The molecular weight excluding hydrogens is 180 g/mol. The van der Waals surface area contributed by atoms with Gasteiger partial charge in [-0.3, -0.25) is 0 Å². The van der Waals surface area contributed by atoms with Crippen LogP contribution < -0.4 is 0 Å². The van der Waals surface area contributed by atoms with Crippen molar-refractivity contribution in [3.05, 3.63) is 47.5 Å². The lowest BCUT2D eigenvalue weighted by atomic mass is 9.74. The first-order chi connectivity index (χ1) is 7.04. The average Bonchev–Trinajstić information content (AvgIpc) is 2.48. The number of benzene rings is 1. The summed E-state index contributed by atoms with van der Waals surface area (Å²) in [5, 5.41) is 0. The van der Waals surface area contributed by atoms with Gasteiger partial charge in [0.2, 0.25) is 0 Å². The lowest BCUT2D eigenvalue weighted by Gasteiger charge is -2.30. The van der Waals surface area contributed by atoms with Crippen LogP contribution in [0.3, 0.4) is 0 Å². The molecule has 0 aliphatic heterocycles. The van der Waals surface area contributed by atoms with E-state index < -0.39 is 0 Å². The van der Waals surface area contributed by atoms with Crippen LogP contribution in [0, 0.1) is 12.8 Å². The molecule has 0 saturated heterocycles. The van der Waals surface area contributed by atoms with Crippen LogP contribution >= 0.6 is 0 Å². The summed E-state index contributed by atoms with van der Waals surface area (Å²) in [7, 11) is 0. The number of hydrogen-bond donors (Lipinski definition) is 0. The molecule has 2 atom stereocenters. The van der Waals surface area contributed by atoms with E-state index in [4.69, 9.17) is 0 Å². The van der Waals surface area contributed by atoms with Crippen molar-refractivity contribution < 1.29 is 0 Å². The minimum Gasteiger partial charge on any atom is -0.0996 e. The van der Waals surface area contributed by atoms with Gasteiger partial charge in [0, 0.05) is 0 Å². The van der Waals surface area contributed by atoms with Gasteiger partial charge in [-0.1, -0.05) is 55.8 Å². The fourth-order valence-electron chi connectivity index (χ4n) is 2.63. The zero-order valence-electron chi connectivity index (χ0n) is 10.0. The Kier molecular flexibility index (Phi) is 2.46. The van der Waals surface area contributed by atoms with Crippen molar-refractivity contribution in [3.63, 3.8) is 0 Å². The molecule has 0 spiro atoms. The monoisotopic (exact) mass is 200 g/mol. The SMILES string of the molecule is C=C1CC[C@@](C)(c2ccc(C)cc2)C1C. The molecule has 0 bridgehead atoms. The maximum atomic E-state index is 4.17. The minimum atomic E-state index is 0.310. The summed E-state index contributed by atoms with van der Waals surface area (Å²) in [6.45, 7) is 11.0. The molecule has 80 valence electrons. The second kappa shape index (κ2) is 3.52. The Bertz CT molecular complexity index is 372. The highest BCUT2D eigenvalue weighted by molar-refractivity contribution is 5.33. The predicted octanol–water partition coefficient (Wildman–Crippen LogP) is 4.24. The van der Waals surface area contributed by atoms with E-state index in [9.17, 15) is 0 Å². The smallest absolute Gasteiger partial charge is 0.000960 e. The first-order valence-corrected chi connectivity index (χ1v) is 5.79. The largest absolute Gasteiger partial charge is 0.0996 e. The average molecular weight is 200 g/mol. The molecule has 1 aliphatic rings. The molecule has 1 saturated carbocycles. The van der Waals surface area contributed by atoms with E-state index in [0.29, 0.717) is 11.3 Å². The van der Waals surface area contributed by atoms with E-state index in [1.54, 1.807) is 0 Å². The first kappa shape index (κ1) is 10.5. The van der Waals surface area contributed by atoms with Crippen LogP contribution in [-0.2, 0) is 5.41 Å². The highest BCUT2D eigenvalue weighted by Crippen LogP contribution is 2.47. The quantitative estimate of drug-likeness (QED) is 0.595. The second-order valence-corrected chi connectivity index (χ2v) is 5.16. The van der Waals surface area contributed by atoms with Gasteiger partial charge in [0.1, 0.15) is 0 Å². The molecule has 1 aromatic rings. The highest BCUT2D eigenvalue weighted by atomic mass is 14.4. The summed E-state index contributed by atoms with van der Waals surface area (Å²) in [6, 6.07) is 9.00. The Labute approximate surface area is 93.0 Å². The van der Waals surface area contributed by atoms with E-state index in [0.717, 1.165) is 0 Å². The highest BCUT2D eigenvalue weighted by Gasteiger charge is 2.39. The first-order valence-electron chi connectivity index (χ1n) is 5.79. The second-order valence-electron chi connectivity index (χ2n) is 5.16. The van der Waals surface area contributed by atoms with Crippen LogP contribution in [0.25, 0.3) is 0 Å². The molecule has 1 fully saturated rings. The molecule has 0 N–H and O–H groups in total. The molecule has 0 nitrogen and oxygen atoms in total. The molecule has 1 unspecified atom stereocenters. The normalized spacial score (nSPS) is 30.9. The summed E-state index contributed by atoms with van der Waals surface area (Å²) in [5.41, 5.74) is 4.54. The van der Waals surface area contributed by atoms with E-state index in [1.165, 1.54) is 29.5 Å². The fraction of sp³-hybridized carbons (Fsp3) is 0.467. The van der Waals surface area contributed by atoms with Crippen molar-refractivity contribution in [1.29, 1.82) is 0 Å². The number of rotatable bonds is 1. The van der Waals surface area contributed by atoms with Crippen molar-refractivity contribution in [1.82, 2.24) is 0 Å². The van der Waals surface area contributed by atoms with Gasteiger partial charge >= 0.3 is 0 Å². The standard InChI is InChI=1S/C15H20/c1-11-5-7-14(8-6-11)15(4)10-9-12(2)13(15)3/h5-8,13H,2,9-10H2,1,3-4H3/t13?,15-/m1/s1. The van der Waals surface area contributed by atoms with Crippen LogP contribution in [0.15, 0.2) is 36.4 Å². The molecule has 1 aromatic carbocycles. The van der Waals surface area contributed by atoms with Crippen molar-refractivity contribution in [2.45, 2.75) is 39.0 Å². The maximum Gasteiger partial charge on any atom is -0.000960 e. The number of aryl methyl sites for hydroxylation is 1. The van der Waals surface area contributed by atoms with E-state index >= 15 is 0 Å². The van der Waals surface area contributed by atoms with Crippen LogP contribution in [-0.4, -0.2) is 0 Å². The third-order valence-corrected chi connectivity index (χ3v) is 4.24. The van der Waals surface area contributed by atoms with Gasteiger partial charge in [-0.2, -0.15) is 0 Å². The Morgan fingerprint density at radius 2 is 1.87 bits per heavy atom. The van der Waals surface area contributed by atoms with Gasteiger partial charge in [-0.15, -0.1) is 0 Å². The molecule has 0 radical (unpaired) electrons. The Balaban J connectivity index is 2.38. The Morgan fingerprint density at radius 1 is 1.27 bits per heavy atom. The van der Waals surface area contributed by atoms with Gasteiger partial charge in [-0.25, -0.2) is 0 Å². The van der Waals surface area contributed by atoms with Gasteiger partial charge in [0.05, 0.1) is 0 Å². The summed E-state index contributed by atoms with van der Waals surface area (Å²) in [4.78, 5) is 0. The van der Waals surface area contributed by atoms with E-state index in [2.05, 4.69) is 51.6 Å². The van der Waals surface area contributed by atoms with Gasteiger partial charge in [-0.05, 0) is 36.7 Å². The van der Waals surface area contributed by atoms with Gasteiger partial charge in [0.25, 0.3) is 0 Å². The Morgan fingerprint density at radius 3 is 2.33 bits per heavy atom. The van der Waals surface area contributed by atoms with Gasteiger partial charge in [0.15, 0.2) is 0 Å². The molecule has 1 aliphatic carbocycles. The van der Waals surface area contributed by atoms with Crippen LogP contribution in [0.1, 0.15) is 37.8 Å². The number of hydrogen-bond acceptors (Lipinski definition) is 0. The molecule has 0 heteroatoms. The van der Waals surface area contributed by atoms with Crippen molar-refractivity contribution in [3.8, 4) is 0 Å². The van der Waals surface area contributed by atoms with Crippen LogP contribution in [0.5, 0.6) is 0 Å². The zero-order valence-corrected chi connectivity index (χ0v) is 10.0. The van der Waals surface area contributed by atoms with Crippen molar-refractivity contribution in [2.75, 3.05) is 0 Å². The van der Waals surface area contributed by atoms with Crippen LogP contribution in [0.2, 0.25) is 0 Å². The molecule has 0 heterocycles. The maximum absolute atomic E-state index is 4.17. The summed E-state index contributed by atoms with van der Waals surface area (Å²) in [6.07, 6.45) is 2.43. The Hall–Kier alpha value is -1.04. The van der Waals surface area contributed by atoms with E-state index in [-0.39, 0.29) is 0 Å². The minimum absolute atomic E-state index is 0.310. The summed E-state index contributed by atoms with van der Waals surface area (Å²) in [5.74, 6) is 0.611. The van der Waals surface area contributed by atoms with Crippen molar-refractivity contribution >= 4 is 0 Å².